The first kappa shape index (κ1) is 31.8. The van der Waals surface area contributed by atoms with Gasteiger partial charge in [0.2, 0.25) is 5.91 Å². The number of thioether (sulfide) groups is 1. The van der Waals surface area contributed by atoms with Crippen LogP contribution < -0.4 is 15.0 Å². The highest BCUT2D eigenvalue weighted by Gasteiger charge is 2.33. The van der Waals surface area contributed by atoms with Gasteiger partial charge in [-0.2, -0.15) is 4.99 Å². The topological polar surface area (TPSA) is 102 Å². The third kappa shape index (κ3) is 7.72. The highest BCUT2D eigenvalue weighted by Crippen LogP contribution is 2.34. The zero-order chi connectivity index (χ0) is 32.3. The summed E-state index contributed by atoms with van der Waals surface area (Å²) < 4.78 is 42.7. The Morgan fingerprint density at radius 1 is 1.09 bits per heavy atom. The summed E-state index contributed by atoms with van der Waals surface area (Å²) in [5, 5.41) is 7.65. The Labute approximate surface area is 262 Å². The third-order valence-electron chi connectivity index (χ3n) is 7.11. The number of aliphatic imine (C=N–C) groups is 1. The van der Waals surface area contributed by atoms with Gasteiger partial charge in [-0.05, 0) is 84.8 Å². The van der Waals surface area contributed by atoms with Gasteiger partial charge in [0.1, 0.15) is 12.1 Å². The molecule has 5 rings (SSSR count). The van der Waals surface area contributed by atoms with E-state index in [1.165, 1.54) is 47.0 Å². The maximum Gasteiger partial charge on any atom is 0.573 e. The van der Waals surface area contributed by atoms with Gasteiger partial charge in [0, 0.05) is 12.1 Å². The van der Waals surface area contributed by atoms with Gasteiger partial charge >= 0.3 is 12.4 Å². The summed E-state index contributed by atoms with van der Waals surface area (Å²) in [7, 11) is 0. The monoisotopic (exact) mass is 636 g/mol. The van der Waals surface area contributed by atoms with Crippen LogP contribution in [0.3, 0.4) is 0 Å². The number of halogens is 3. The van der Waals surface area contributed by atoms with Crippen LogP contribution >= 0.6 is 11.8 Å². The summed E-state index contributed by atoms with van der Waals surface area (Å²) in [5.41, 5.74) is 6.07. The zero-order valence-electron chi connectivity index (χ0n) is 25.1. The molecule has 2 heterocycles. The van der Waals surface area contributed by atoms with Crippen molar-refractivity contribution in [3.8, 4) is 22.8 Å². The lowest BCUT2D eigenvalue weighted by Gasteiger charge is -2.22. The molecule has 0 saturated carbocycles. The molecule has 1 aliphatic rings. The van der Waals surface area contributed by atoms with E-state index in [4.69, 9.17) is 0 Å². The summed E-state index contributed by atoms with van der Waals surface area (Å²) in [6.45, 7) is 8.38. The predicted octanol–water partition coefficient (Wildman–Crippen LogP) is 6.96. The Hall–Kier alpha value is -4.65. The maximum atomic E-state index is 12.8. The number of ether oxygens (including phenoxy) is 1. The fourth-order valence-electron chi connectivity index (χ4n) is 4.88. The second-order valence-corrected chi connectivity index (χ2v) is 11.7. The zero-order valence-corrected chi connectivity index (χ0v) is 25.9. The summed E-state index contributed by atoms with van der Waals surface area (Å²) in [6.07, 6.45) is -2.72. The lowest BCUT2D eigenvalue weighted by Crippen LogP contribution is -2.32. The minimum Gasteiger partial charge on any atom is -0.406 e. The Balaban J connectivity index is 1.20. The molecule has 0 unspecified atom stereocenters. The molecule has 1 saturated heterocycles. The Morgan fingerprint density at radius 3 is 2.53 bits per heavy atom. The van der Waals surface area contributed by atoms with Gasteiger partial charge in [-0.1, -0.05) is 49.9 Å². The number of alkyl halides is 3. The van der Waals surface area contributed by atoms with Gasteiger partial charge in [0.15, 0.2) is 11.0 Å². The van der Waals surface area contributed by atoms with E-state index in [-0.39, 0.29) is 23.3 Å². The van der Waals surface area contributed by atoms with Crippen molar-refractivity contribution in [1.29, 1.82) is 0 Å². The van der Waals surface area contributed by atoms with Gasteiger partial charge < -0.3 is 10.1 Å². The molecule has 45 heavy (non-hydrogen) atoms. The second-order valence-electron chi connectivity index (χ2n) is 10.8. The van der Waals surface area contributed by atoms with E-state index in [2.05, 4.69) is 39.0 Å². The van der Waals surface area contributed by atoms with Crippen LogP contribution in [0, 0.1) is 13.8 Å². The number of amides is 3. The van der Waals surface area contributed by atoms with E-state index in [0.717, 1.165) is 33.5 Å². The predicted molar refractivity (Wildman–Crippen MR) is 168 cm³/mol. The molecule has 0 bridgehead atoms. The number of benzene rings is 3. The first-order chi connectivity index (χ1) is 21.4. The van der Waals surface area contributed by atoms with Crippen LogP contribution in [-0.4, -0.2) is 50.5 Å². The standard InChI is InChI=1S/C32H31F3N6O3S/c1-19(2)26-12-5-20(3)15-27(26)41-28(42)17-45-31(41)38-30(43)36-14-13-22-6-7-23(16-21(22)4)29-37-18-40(39-29)24-8-10-25(11-9-24)44-32(33,34)35/h5-12,15-16,18-19H,13-14,17H2,1-4H3,(H,36,43)/b38-31-. The molecule has 1 aliphatic heterocycles. The highest BCUT2D eigenvalue weighted by atomic mass is 32.2. The molecule has 4 aromatic rings. The van der Waals surface area contributed by atoms with Crippen molar-refractivity contribution in [3.63, 3.8) is 0 Å². The molecule has 1 N–H and O–H groups in total. The number of rotatable bonds is 8. The molecule has 0 radical (unpaired) electrons. The smallest absolute Gasteiger partial charge is 0.406 e. The number of nitrogens with one attached hydrogen (secondary N) is 1. The van der Waals surface area contributed by atoms with Crippen molar-refractivity contribution in [2.75, 3.05) is 17.2 Å². The summed E-state index contributed by atoms with van der Waals surface area (Å²) in [5.74, 6) is 0.435. The van der Waals surface area contributed by atoms with E-state index in [1.807, 2.05) is 50.2 Å². The number of anilines is 1. The van der Waals surface area contributed by atoms with E-state index in [0.29, 0.717) is 29.6 Å². The number of amidine groups is 1. The second kappa shape index (κ2) is 13.1. The number of aromatic nitrogens is 3. The van der Waals surface area contributed by atoms with E-state index in [9.17, 15) is 22.8 Å². The molecule has 1 aromatic heterocycles. The Bertz CT molecular complexity index is 1750. The molecular formula is C32H31F3N6O3S. The number of hydrogen-bond acceptors (Lipinski definition) is 6. The molecule has 13 heteroatoms. The van der Waals surface area contributed by atoms with Crippen LogP contribution in [-0.2, 0) is 11.2 Å². The number of hydrogen-bond donors (Lipinski definition) is 1. The lowest BCUT2D eigenvalue weighted by molar-refractivity contribution is -0.274. The van der Waals surface area contributed by atoms with Crippen LogP contribution in [0.1, 0.15) is 42.0 Å². The van der Waals surface area contributed by atoms with E-state index >= 15 is 0 Å². The molecule has 234 valence electrons. The maximum absolute atomic E-state index is 12.8. The Kier molecular flexibility index (Phi) is 9.28. The molecule has 0 spiro atoms. The van der Waals surface area contributed by atoms with Crippen molar-refractivity contribution in [3.05, 3.63) is 89.2 Å². The van der Waals surface area contributed by atoms with Gasteiger partial charge in [-0.3, -0.25) is 9.69 Å². The molecule has 3 aromatic carbocycles. The molecule has 3 amide bonds. The number of aryl methyl sites for hydroxylation is 2. The number of nitrogens with zero attached hydrogens (tertiary/aromatic N) is 5. The number of carbonyl (C=O) groups excluding carboxylic acids is 2. The fraction of sp³-hybridized carbons (Fsp3) is 0.281. The van der Waals surface area contributed by atoms with E-state index < -0.39 is 12.4 Å². The van der Waals surface area contributed by atoms with Gasteiger partial charge in [-0.25, -0.2) is 14.5 Å². The van der Waals surface area contributed by atoms with E-state index in [1.54, 1.807) is 4.90 Å². The third-order valence-corrected chi connectivity index (χ3v) is 8.03. The summed E-state index contributed by atoms with van der Waals surface area (Å²) in [6, 6.07) is 16.5. The van der Waals surface area contributed by atoms with Crippen molar-refractivity contribution in [2.45, 2.75) is 46.4 Å². The first-order valence-electron chi connectivity index (χ1n) is 14.2. The quantitative estimate of drug-likeness (QED) is 0.224. The van der Waals surface area contributed by atoms with Crippen molar-refractivity contribution in [1.82, 2.24) is 20.1 Å². The lowest BCUT2D eigenvalue weighted by atomic mass is 9.99. The van der Waals surface area contributed by atoms with Crippen LogP contribution in [0.25, 0.3) is 17.1 Å². The SMILES string of the molecule is Cc1ccc(C(C)C)c(N2C(=O)CS/C2=N\C(=O)NCCc2ccc(-c3ncn(-c4ccc(OC(F)(F)F)cc4)n3)cc2C)c1. The van der Waals surface area contributed by atoms with Crippen molar-refractivity contribution >= 4 is 34.6 Å². The molecular weight excluding hydrogens is 605 g/mol. The molecule has 0 aliphatic carbocycles. The van der Waals surface area contributed by atoms with Crippen LogP contribution in [0.2, 0.25) is 0 Å². The minimum absolute atomic E-state index is 0.109. The summed E-state index contributed by atoms with van der Waals surface area (Å²) >= 11 is 1.25. The van der Waals surface area contributed by atoms with Crippen molar-refractivity contribution < 1.29 is 27.5 Å². The van der Waals surface area contributed by atoms with Crippen LogP contribution in [0.15, 0.2) is 72.0 Å². The number of urea groups is 1. The van der Waals surface area contributed by atoms with Gasteiger partial charge in [0.05, 0.1) is 17.1 Å². The molecule has 1 fully saturated rings. The first-order valence-corrected chi connectivity index (χ1v) is 15.2. The molecule has 0 atom stereocenters. The minimum atomic E-state index is -4.76. The van der Waals surface area contributed by atoms with Gasteiger partial charge in [0.25, 0.3) is 0 Å². The van der Waals surface area contributed by atoms with Crippen LogP contribution in [0.4, 0.5) is 23.7 Å². The highest BCUT2D eigenvalue weighted by molar-refractivity contribution is 8.15. The average Bonchev–Trinajstić information content (AvgIpc) is 3.60. The largest absolute Gasteiger partial charge is 0.573 e. The fourth-order valence-corrected chi connectivity index (χ4v) is 5.74. The van der Waals surface area contributed by atoms with Crippen LogP contribution in [0.5, 0.6) is 5.75 Å². The summed E-state index contributed by atoms with van der Waals surface area (Å²) in [4.78, 5) is 35.7. The Morgan fingerprint density at radius 2 is 1.84 bits per heavy atom. The van der Waals surface area contributed by atoms with Gasteiger partial charge in [-0.15, -0.1) is 18.3 Å². The normalized spacial score (nSPS) is 14.4. The average molecular weight is 637 g/mol. The molecule has 9 nitrogen and oxygen atoms in total. The van der Waals surface area contributed by atoms with Crippen molar-refractivity contribution in [2.24, 2.45) is 4.99 Å². The number of carbonyl (C=O) groups is 2.